The zero-order chi connectivity index (χ0) is 20.6. The van der Waals surface area contributed by atoms with E-state index in [9.17, 15) is 0 Å². The number of hydrogen-bond acceptors (Lipinski definition) is 3. The van der Waals surface area contributed by atoms with Crippen LogP contribution in [-0.2, 0) is 13.0 Å². The van der Waals surface area contributed by atoms with Crippen molar-refractivity contribution in [2.24, 2.45) is 0 Å². The molecule has 0 saturated carbocycles. The highest BCUT2D eigenvalue weighted by molar-refractivity contribution is 5.89. The van der Waals surface area contributed by atoms with Crippen LogP contribution in [0.25, 0.3) is 27.7 Å². The SMILES string of the molecule is C1=C(c2ccc3[nH]ccc3c2)c2nc(-c3ccc(CN4CCCCC4)cc3)cnc2C1. The van der Waals surface area contributed by atoms with Crippen molar-refractivity contribution in [2.75, 3.05) is 13.1 Å². The van der Waals surface area contributed by atoms with Crippen LogP contribution in [0.5, 0.6) is 0 Å². The Bertz CT molecular complexity index is 1260. The average Bonchev–Trinajstić information content (AvgIpc) is 3.46. The first-order chi connectivity index (χ1) is 15.3. The van der Waals surface area contributed by atoms with Gasteiger partial charge in [0.15, 0.2) is 0 Å². The summed E-state index contributed by atoms with van der Waals surface area (Å²) in [5.74, 6) is 0. The molecule has 0 radical (unpaired) electrons. The monoisotopic (exact) mass is 406 g/mol. The second kappa shape index (κ2) is 7.78. The Morgan fingerprint density at radius 1 is 0.903 bits per heavy atom. The third kappa shape index (κ3) is 3.57. The molecule has 0 bridgehead atoms. The van der Waals surface area contributed by atoms with Gasteiger partial charge in [-0.15, -0.1) is 0 Å². The number of allylic oxidation sites excluding steroid dienone is 1. The number of piperidine rings is 1. The van der Waals surface area contributed by atoms with E-state index < -0.39 is 0 Å². The number of aromatic nitrogens is 3. The van der Waals surface area contributed by atoms with Crippen molar-refractivity contribution in [3.8, 4) is 11.3 Å². The minimum absolute atomic E-state index is 0.845. The van der Waals surface area contributed by atoms with Crippen molar-refractivity contribution >= 4 is 16.5 Å². The van der Waals surface area contributed by atoms with Crippen LogP contribution in [0.2, 0.25) is 0 Å². The smallest absolute Gasteiger partial charge is 0.0931 e. The predicted molar refractivity (Wildman–Crippen MR) is 126 cm³/mol. The summed E-state index contributed by atoms with van der Waals surface area (Å²) >= 11 is 0. The average molecular weight is 407 g/mol. The van der Waals surface area contributed by atoms with E-state index in [1.165, 1.54) is 54.4 Å². The van der Waals surface area contributed by atoms with E-state index in [-0.39, 0.29) is 0 Å². The highest BCUT2D eigenvalue weighted by atomic mass is 15.1. The van der Waals surface area contributed by atoms with E-state index in [4.69, 9.17) is 9.97 Å². The molecule has 1 aliphatic heterocycles. The normalized spacial score (nSPS) is 16.5. The summed E-state index contributed by atoms with van der Waals surface area (Å²) in [7, 11) is 0. The van der Waals surface area contributed by atoms with E-state index in [0.29, 0.717) is 0 Å². The largest absolute Gasteiger partial charge is 0.361 e. The molecule has 3 heterocycles. The van der Waals surface area contributed by atoms with Gasteiger partial charge in [0.2, 0.25) is 0 Å². The molecule has 4 nitrogen and oxygen atoms in total. The maximum Gasteiger partial charge on any atom is 0.0931 e. The van der Waals surface area contributed by atoms with Crippen LogP contribution in [0.1, 0.15) is 41.8 Å². The van der Waals surface area contributed by atoms with Crippen molar-refractivity contribution in [3.05, 3.63) is 89.5 Å². The Morgan fingerprint density at radius 3 is 2.61 bits per heavy atom. The summed E-state index contributed by atoms with van der Waals surface area (Å²) in [6.07, 6.45) is 11.0. The molecule has 1 saturated heterocycles. The zero-order valence-electron chi connectivity index (χ0n) is 17.6. The fourth-order valence-electron chi connectivity index (χ4n) is 4.85. The number of benzene rings is 2. The van der Waals surface area contributed by atoms with E-state index >= 15 is 0 Å². The summed E-state index contributed by atoms with van der Waals surface area (Å²) in [5.41, 5.74) is 9.08. The maximum atomic E-state index is 5.05. The van der Waals surface area contributed by atoms with Gasteiger partial charge in [-0.05, 0) is 60.6 Å². The van der Waals surface area contributed by atoms with Crippen molar-refractivity contribution in [3.63, 3.8) is 0 Å². The molecule has 2 aromatic carbocycles. The predicted octanol–water partition coefficient (Wildman–Crippen LogP) is 5.60. The highest BCUT2D eigenvalue weighted by Crippen LogP contribution is 2.33. The molecule has 0 spiro atoms. The minimum Gasteiger partial charge on any atom is -0.361 e. The Morgan fingerprint density at radius 2 is 1.74 bits per heavy atom. The number of hydrogen-bond donors (Lipinski definition) is 1. The molecule has 154 valence electrons. The van der Waals surface area contributed by atoms with Crippen LogP contribution in [0.3, 0.4) is 0 Å². The van der Waals surface area contributed by atoms with Gasteiger partial charge in [0.25, 0.3) is 0 Å². The fourth-order valence-corrected chi connectivity index (χ4v) is 4.85. The lowest BCUT2D eigenvalue weighted by Gasteiger charge is -2.26. The summed E-state index contributed by atoms with van der Waals surface area (Å²) in [5, 5.41) is 1.22. The molecular formula is C27H26N4. The van der Waals surface area contributed by atoms with Gasteiger partial charge in [-0.25, -0.2) is 4.98 Å². The molecule has 0 atom stereocenters. The fraction of sp³-hybridized carbons (Fsp3) is 0.259. The van der Waals surface area contributed by atoms with E-state index in [0.717, 1.165) is 41.1 Å². The lowest BCUT2D eigenvalue weighted by atomic mass is 10.0. The molecule has 4 aromatic rings. The number of H-pyrrole nitrogens is 1. The maximum absolute atomic E-state index is 5.05. The number of aromatic amines is 1. The van der Waals surface area contributed by atoms with Crippen molar-refractivity contribution in [1.82, 2.24) is 19.9 Å². The standard InChI is InChI=1S/C27H26N4/c1-2-14-31(15-3-1)18-19-4-6-20(7-5-19)26-17-29-25-11-9-23(27(25)30-26)21-8-10-24-22(16-21)12-13-28-24/h4-10,12-13,16-17,28H,1-3,11,14-15,18H2. The lowest BCUT2D eigenvalue weighted by Crippen LogP contribution is -2.28. The summed E-state index contributed by atoms with van der Waals surface area (Å²) in [6.45, 7) is 3.49. The van der Waals surface area contributed by atoms with Gasteiger partial charge >= 0.3 is 0 Å². The zero-order valence-corrected chi connectivity index (χ0v) is 17.6. The first-order valence-corrected chi connectivity index (χ1v) is 11.3. The van der Waals surface area contributed by atoms with Gasteiger partial charge < -0.3 is 4.98 Å². The molecule has 0 unspecified atom stereocenters. The molecule has 2 aromatic heterocycles. The molecule has 1 N–H and O–H groups in total. The van der Waals surface area contributed by atoms with Crippen LogP contribution < -0.4 is 0 Å². The van der Waals surface area contributed by atoms with E-state index in [2.05, 4.69) is 64.5 Å². The van der Waals surface area contributed by atoms with Gasteiger partial charge in [0.1, 0.15) is 0 Å². The van der Waals surface area contributed by atoms with Crippen LogP contribution >= 0.6 is 0 Å². The van der Waals surface area contributed by atoms with Gasteiger partial charge in [0.05, 0.1) is 23.3 Å². The number of fused-ring (bicyclic) bond motifs is 2. The van der Waals surface area contributed by atoms with Crippen LogP contribution in [0, 0.1) is 0 Å². The van der Waals surface area contributed by atoms with Crippen molar-refractivity contribution in [2.45, 2.75) is 32.2 Å². The first kappa shape index (κ1) is 18.5. The second-order valence-electron chi connectivity index (χ2n) is 8.69. The van der Waals surface area contributed by atoms with E-state index in [1.54, 1.807) is 0 Å². The Balaban J connectivity index is 1.27. The van der Waals surface area contributed by atoms with Crippen molar-refractivity contribution < 1.29 is 0 Å². The van der Waals surface area contributed by atoms with Gasteiger partial charge in [-0.1, -0.05) is 42.8 Å². The Kier molecular flexibility index (Phi) is 4.65. The molecule has 2 aliphatic rings. The first-order valence-electron chi connectivity index (χ1n) is 11.3. The Hall–Kier alpha value is -3.24. The molecule has 31 heavy (non-hydrogen) atoms. The van der Waals surface area contributed by atoms with E-state index in [1.807, 2.05) is 12.4 Å². The van der Waals surface area contributed by atoms with Crippen molar-refractivity contribution in [1.29, 1.82) is 0 Å². The molecular weight excluding hydrogens is 380 g/mol. The molecule has 4 heteroatoms. The van der Waals surface area contributed by atoms with Crippen LogP contribution in [0.4, 0.5) is 0 Å². The third-order valence-corrected chi connectivity index (χ3v) is 6.57. The lowest BCUT2D eigenvalue weighted by molar-refractivity contribution is 0.221. The number of nitrogens with one attached hydrogen (secondary N) is 1. The van der Waals surface area contributed by atoms with Crippen LogP contribution in [0.15, 0.2) is 67.0 Å². The molecule has 6 rings (SSSR count). The Labute approximate surface area is 182 Å². The molecule has 0 amide bonds. The molecule has 1 aliphatic carbocycles. The second-order valence-corrected chi connectivity index (χ2v) is 8.69. The molecule has 1 fully saturated rings. The van der Waals surface area contributed by atoms with Gasteiger partial charge in [-0.3, -0.25) is 9.88 Å². The van der Waals surface area contributed by atoms with Crippen LogP contribution in [-0.4, -0.2) is 32.9 Å². The van der Waals surface area contributed by atoms with Gasteiger partial charge in [-0.2, -0.15) is 0 Å². The third-order valence-electron chi connectivity index (χ3n) is 6.57. The number of rotatable bonds is 4. The highest BCUT2D eigenvalue weighted by Gasteiger charge is 2.20. The topological polar surface area (TPSA) is 44.8 Å². The summed E-state index contributed by atoms with van der Waals surface area (Å²) in [4.78, 5) is 15.6. The summed E-state index contributed by atoms with van der Waals surface area (Å²) < 4.78 is 0. The number of nitrogens with zero attached hydrogens (tertiary/aromatic N) is 3. The van der Waals surface area contributed by atoms with Gasteiger partial charge in [0, 0.05) is 35.8 Å². The quantitative estimate of drug-likeness (QED) is 0.480. The summed E-state index contributed by atoms with van der Waals surface area (Å²) in [6, 6.07) is 17.5. The number of likely N-dealkylation sites (tertiary alicyclic amines) is 1. The minimum atomic E-state index is 0.845.